The van der Waals surface area contributed by atoms with Crippen molar-refractivity contribution in [2.75, 3.05) is 0 Å². The molecule has 0 bridgehead atoms. The number of rotatable bonds is 5. The molecule has 0 fully saturated rings. The molecule has 164 valence electrons. The highest BCUT2D eigenvalue weighted by atomic mass is 16.5. The standard InChI is InChI=1S/C27H23N3O3/c1-16-25(18(3)33-29-16)22-13-24-26(28-14-22)23(20-9-11-21(12-10-20)27(31)32)15-30(24)17(2)19-7-5-4-6-8-19/h4-15,17H,1-3H3,(H,31,32). The second kappa shape index (κ2) is 8.06. The highest BCUT2D eigenvalue weighted by Crippen LogP contribution is 2.36. The fourth-order valence-electron chi connectivity index (χ4n) is 4.38. The van der Waals surface area contributed by atoms with Crippen LogP contribution in [-0.4, -0.2) is 25.8 Å². The molecule has 0 amide bonds. The zero-order chi connectivity index (χ0) is 23.1. The molecule has 6 heteroatoms. The van der Waals surface area contributed by atoms with Crippen molar-refractivity contribution < 1.29 is 14.4 Å². The van der Waals surface area contributed by atoms with Crippen molar-refractivity contribution in [1.29, 1.82) is 0 Å². The first kappa shape index (κ1) is 20.7. The SMILES string of the molecule is Cc1noc(C)c1-c1cnc2c(-c3ccc(C(=O)O)cc3)cn(C(C)c3ccccc3)c2c1. The largest absolute Gasteiger partial charge is 0.478 e. The van der Waals surface area contributed by atoms with Crippen LogP contribution in [0.4, 0.5) is 0 Å². The summed E-state index contributed by atoms with van der Waals surface area (Å²) < 4.78 is 7.60. The van der Waals surface area contributed by atoms with Gasteiger partial charge in [0, 0.05) is 29.1 Å². The molecule has 3 heterocycles. The maximum atomic E-state index is 11.3. The van der Waals surface area contributed by atoms with Crippen LogP contribution in [0.3, 0.4) is 0 Å². The average Bonchev–Trinajstić information content (AvgIpc) is 3.38. The molecular formula is C27H23N3O3. The van der Waals surface area contributed by atoms with Gasteiger partial charge in [-0.2, -0.15) is 0 Å². The van der Waals surface area contributed by atoms with Crippen molar-refractivity contribution in [2.24, 2.45) is 0 Å². The summed E-state index contributed by atoms with van der Waals surface area (Å²) >= 11 is 0. The summed E-state index contributed by atoms with van der Waals surface area (Å²) in [5.41, 5.74) is 7.89. The van der Waals surface area contributed by atoms with Gasteiger partial charge in [-0.25, -0.2) is 4.79 Å². The fourth-order valence-corrected chi connectivity index (χ4v) is 4.38. The molecule has 0 aliphatic heterocycles. The summed E-state index contributed by atoms with van der Waals surface area (Å²) in [6, 6.07) is 19.4. The van der Waals surface area contributed by atoms with Crippen LogP contribution >= 0.6 is 0 Å². The summed E-state index contributed by atoms with van der Waals surface area (Å²) in [5.74, 6) is -0.184. The molecule has 5 aromatic rings. The fraction of sp³-hybridized carbons (Fsp3) is 0.148. The van der Waals surface area contributed by atoms with E-state index < -0.39 is 5.97 Å². The van der Waals surface area contributed by atoms with E-state index in [-0.39, 0.29) is 11.6 Å². The highest BCUT2D eigenvalue weighted by molar-refractivity contribution is 5.96. The number of carboxylic acids is 1. The van der Waals surface area contributed by atoms with Gasteiger partial charge in [-0.1, -0.05) is 47.6 Å². The van der Waals surface area contributed by atoms with E-state index in [9.17, 15) is 9.90 Å². The summed E-state index contributed by atoms with van der Waals surface area (Å²) in [6.45, 7) is 5.99. The van der Waals surface area contributed by atoms with Gasteiger partial charge in [0.15, 0.2) is 0 Å². The Kier molecular flexibility index (Phi) is 5.05. The van der Waals surface area contributed by atoms with Crippen molar-refractivity contribution >= 4 is 17.0 Å². The minimum absolute atomic E-state index is 0.0717. The molecular weight excluding hydrogens is 414 g/mol. The Balaban J connectivity index is 1.72. The van der Waals surface area contributed by atoms with Crippen LogP contribution in [-0.2, 0) is 0 Å². The number of pyridine rings is 1. The van der Waals surface area contributed by atoms with E-state index in [1.54, 1.807) is 12.1 Å². The third-order valence-electron chi connectivity index (χ3n) is 6.13. The molecule has 0 spiro atoms. The second-order valence-electron chi connectivity index (χ2n) is 8.21. The molecule has 1 N–H and O–H groups in total. The van der Waals surface area contributed by atoms with Crippen LogP contribution in [0.25, 0.3) is 33.3 Å². The molecule has 3 aromatic heterocycles. The van der Waals surface area contributed by atoms with E-state index in [2.05, 4.69) is 41.0 Å². The minimum Gasteiger partial charge on any atom is -0.478 e. The number of nitrogens with zero attached hydrogens (tertiary/aromatic N) is 3. The molecule has 1 atom stereocenters. The molecule has 6 nitrogen and oxygen atoms in total. The normalized spacial score (nSPS) is 12.2. The smallest absolute Gasteiger partial charge is 0.335 e. The number of aryl methyl sites for hydroxylation is 2. The van der Waals surface area contributed by atoms with Crippen LogP contribution in [0.1, 0.15) is 40.3 Å². The Bertz CT molecular complexity index is 1440. The molecule has 2 aromatic carbocycles. The molecule has 0 aliphatic carbocycles. The Hall–Kier alpha value is -4.19. The first-order chi connectivity index (χ1) is 15.9. The molecule has 0 saturated carbocycles. The van der Waals surface area contributed by atoms with Gasteiger partial charge in [0.05, 0.1) is 28.3 Å². The van der Waals surface area contributed by atoms with Gasteiger partial charge in [-0.3, -0.25) is 4.98 Å². The monoisotopic (exact) mass is 437 g/mol. The van der Waals surface area contributed by atoms with E-state index in [1.807, 2.05) is 50.4 Å². The lowest BCUT2D eigenvalue weighted by atomic mass is 10.0. The van der Waals surface area contributed by atoms with Crippen LogP contribution in [0.15, 0.2) is 77.6 Å². The third-order valence-corrected chi connectivity index (χ3v) is 6.13. The minimum atomic E-state index is -0.941. The Labute approximate surface area is 191 Å². The lowest BCUT2D eigenvalue weighted by molar-refractivity contribution is 0.0697. The Morgan fingerprint density at radius 1 is 1.03 bits per heavy atom. The van der Waals surface area contributed by atoms with Crippen LogP contribution in [0.5, 0.6) is 0 Å². The number of fused-ring (bicyclic) bond motifs is 1. The van der Waals surface area contributed by atoms with Gasteiger partial charge in [0.1, 0.15) is 5.76 Å². The van der Waals surface area contributed by atoms with Gasteiger partial charge in [0.2, 0.25) is 0 Å². The van der Waals surface area contributed by atoms with Crippen molar-refractivity contribution in [3.63, 3.8) is 0 Å². The molecule has 0 saturated heterocycles. The Morgan fingerprint density at radius 3 is 2.39 bits per heavy atom. The zero-order valence-electron chi connectivity index (χ0n) is 18.6. The summed E-state index contributed by atoms with van der Waals surface area (Å²) in [5, 5.41) is 13.4. The van der Waals surface area contributed by atoms with E-state index >= 15 is 0 Å². The summed E-state index contributed by atoms with van der Waals surface area (Å²) in [7, 11) is 0. The second-order valence-corrected chi connectivity index (χ2v) is 8.21. The van der Waals surface area contributed by atoms with Crippen LogP contribution in [0.2, 0.25) is 0 Å². The van der Waals surface area contributed by atoms with Crippen molar-refractivity contribution in [2.45, 2.75) is 26.8 Å². The molecule has 5 rings (SSSR count). The molecule has 1 unspecified atom stereocenters. The van der Waals surface area contributed by atoms with Crippen molar-refractivity contribution in [3.05, 3.63) is 95.6 Å². The maximum absolute atomic E-state index is 11.3. The number of carbonyl (C=O) groups is 1. The number of hydrogen-bond acceptors (Lipinski definition) is 4. The lowest BCUT2D eigenvalue weighted by Gasteiger charge is -2.16. The quantitative estimate of drug-likeness (QED) is 0.350. The number of benzene rings is 2. The number of hydrogen-bond donors (Lipinski definition) is 1. The topological polar surface area (TPSA) is 81.2 Å². The summed E-state index contributed by atoms with van der Waals surface area (Å²) in [4.78, 5) is 16.1. The van der Waals surface area contributed by atoms with Gasteiger partial charge < -0.3 is 14.2 Å². The zero-order valence-corrected chi connectivity index (χ0v) is 18.6. The first-order valence-corrected chi connectivity index (χ1v) is 10.8. The predicted octanol–water partition coefficient (Wildman–Crippen LogP) is 6.28. The van der Waals surface area contributed by atoms with Crippen LogP contribution in [0, 0.1) is 13.8 Å². The lowest BCUT2D eigenvalue weighted by Crippen LogP contribution is -2.05. The van der Waals surface area contributed by atoms with Crippen LogP contribution < -0.4 is 0 Å². The van der Waals surface area contributed by atoms with Gasteiger partial charge in [-0.05, 0) is 50.1 Å². The highest BCUT2D eigenvalue weighted by Gasteiger charge is 2.20. The van der Waals surface area contributed by atoms with Gasteiger partial charge in [-0.15, -0.1) is 0 Å². The first-order valence-electron chi connectivity index (χ1n) is 10.8. The number of aromatic nitrogens is 3. The van der Waals surface area contributed by atoms with Gasteiger partial charge >= 0.3 is 5.97 Å². The van der Waals surface area contributed by atoms with E-state index in [4.69, 9.17) is 9.51 Å². The summed E-state index contributed by atoms with van der Waals surface area (Å²) in [6.07, 6.45) is 3.95. The maximum Gasteiger partial charge on any atom is 0.335 e. The van der Waals surface area contributed by atoms with Crippen molar-refractivity contribution in [1.82, 2.24) is 14.7 Å². The predicted molar refractivity (Wildman–Crippen MR) is 127 cm³/mol. The molecule has 0 radical (unpaired) electrons. The number of carboxylic acid groups (broad SMARTS) is 1. The van der Waals surface area contributed by atoms with E-state index in [1.165, 1.54) is 5.56 Å². The average molecular weight is 437 g/mol. The number of aromatic carboxylic acids is 1. The Morgan fingerprint density at radius 2 is 1.76 bits per heavy atom. The van der Waals surface area contributed by atoms with Crippen molar-refractivity contribution in [3.8, 4) is 22.3 Å². The van der Waals surface area contributed by atoms with E-state index in [0.717, 1.165) is 44.7 Å². The van der Waals surface area contributed by atoms with Gasteiger partial charge in [0.25, 0.3) is 0 Å². The molecule has 0 aliphatic rings. The third kappa shape index (κ3) is 3.59. The molecule has 33 heavy (non-hydrogen) atoms. The van der Waals surface area contributed by atoms with E-state index in [0.29, 0.717) is 0 Å².